The summed E-state index contributed by atoms with van der Waals surface area (Å²) in [5.74, 6) is -1.77. The molecular weight excluding hydrogens is 270 g/mol. The van der Waals surface area contributed by atoms with Gasteiger partial charge >= 0.3 is 5.97 Å². The maximum atomic E-state index is 11.8. The summed E-state index contributed by atoms with van der Waals surface area (Å²) in [6.45, 7) is -0.641. The Morgan fingerprint density at radius 1 is 1.26 bits per heavy atom. The molecule has 0 unspecified atom stereocenters. The number of carbonyl (C=O) groups excluding carboxylic acids is 2. The summed E-state index contributed by atoms with van der Waals surface area (Å²) in [4.78, 5) is 34.7. The van der Waals surface area contributed by atoms with Crippen LogP contribution in [0.15, 0.2) is 29.2 Å². The van der Waals surface area contributed by atoms with E-state index in [1.807, 2.05) is 0 Å². The van der Waals surface area contributed by atoms with Crippen molar-refractivity contribution in [1.82, 2.24) is 4.90 Å². The minimum Gasteiger partial charge on any atom is -0.508 e. The summed E-state index contributed by atoms with van der Waals surface area (Å²) >= 11 is 0.696. The fraction of sp³-hybridized carbons (Fsp3) is 0.0833. The van der Waals surface area contributed by atoms with E-state index in [1.54, 1.807) is 12.1 Å². The molecule has 1 aromatic rings. The predicted molar refractivity (Wildman–Crippen MR) is 68.4 cm³/mol. The van der Waals surface area contributed by atoms with Gasteiger partial charge in [0.25, 0.3) is 11.1 Å². The number of aliphatic carboxylic acids is 1. The van der Waals surface area contributed by atoms with Crippen LogP contribution in [0.5, 0.6) is 5.75 Å². The van der Waals surface area contributed by atoms with Gasteiger partial charge in [-0.05, 0) is 35.5 Å². The number of imide groups is 1. The maximum absolute atomic E-state index is 11.8. The Labute approximate surface area is 112 Å². The highest BCUT2D eigenvalue weighted by molar-refractivity contribution is 8.18. The predicted octanol–water partition coefficient (Wildman–Crippen LogP) is 1.51. The highest BCUT2D eigenvalue weighted by atomic mass is 32.2. The van der Waals surface area contributed by atoms with Gasteiger partial charge in [-0.15, -0.1) is 0 Å². The normalized spacial score (nSPS) is 17.3. The second kappa shape index (κ2) is 5.15. The number of rotatable bonds is 3. The number of aromatic hydroxyl groups is 1. The van der Waals surface area contributed by atoms with Crippen LogP contribution in [-0.4, -0.2) is 38.8 Å². The molecule has 0 radical (unpaired) electrons. The van der Waals surface area contributed by atoms with Gasteiger partial charge in [0.15, 0.2) is 0 Å². The SMILES string of the molecule is O=C(O)CN1C(=O)S/C(=C/c2ccc(O)cc2)C1=O. The summed E-state index contributed by atoms with van der Waals surface area (Å²) in [6, 6.07) is 6.07. The molecule has 6 nitrogen and oxygen atoms in total. The lowest BCUT2D eigenvalue weighted by Crippen LogP contribution is -2.33. The first-order valence-electron chi connectivity index (χ1n) is 5.23. The summed E-state index contributed by atoms with van der Waals surface area (Å²) in [6.07, 6.45) is 1.48. The molecule has 1 aromatic carbocycles. The van der Waals surface area contributed by atoms with E-state index in [2.05, 4.69) is 0 Å². The standard InChI is InChI=1S/C12H9NO5S/c14-8-3-1-7(2-4-8)5-9-11(17)13(6-10(15)16)12(18)19-9/h1-5,14H,6H2,(H,15,16)/b9-5+. The lowest BCUT2D eigenvalue weighted by molar-refractivity contribution is -0.140. The number of benzene rings is 1. The van der Waals surface area contributed by atoms with Crippen molar-refractivity contribution in [2.24, 2.45) is 0 Å². The molecule has 98 valence electrons. The fourth-order valence-corrected chi connectivity index (χ4v) is 2.33. The second-order valence-corrected chi connectivity index (χ2v) is 4.75. The highest BCUT2D eigenvalue weighted by Gasteiger charge is 2.36. The third-order valence-electron chi connectivity index (χ3n) is 2.36. The van der Waals surface area contributed by atoms with Crippen molar-refractivity contribution in [3.63, 3.8) is 0 Å². The van der Waals surface area contributed by atoms with E-state index < -0.39 is 23.7 Å². The monoisotopic (exact) mass is 279 g/mol. The van der Waals surface area contributed by atoms with Crippen molar-refractivity contribution in [2.45, 2.75) is 0 Å². The zero-order chi connectivity index (χ0) is 14.0. The molecule has 1 aliphatic heterocycles. The van der Waals surface area contributed by atoms with E-state index >= 15 is 0 Å². The third-order valence-corrected chi connectivity index (χ3v) is 3.27. The summed E-state index contributed by atoms with van der Waals surface area (Å²) in [5, 5.41) is 17.1. The maximum Gasteiger partial charge on any atom is 0.323 e. The minimum atomic E-state index is -1.24. The fourth-order valence-electron chi connectivity index (χ4n) is 1.49. The van der Waals surface area contributed by atoms with Gasteiger partial charge in [-0.25, -0.2) is 0 Å². The van der Waals surface area contributed by atoms with Crippen LogP contribution < -0.4 is 0 Å². The molecule has 0 bridgehead atoms. The van der Waals surface area contributed by atoms with Gasteiger partial charge in [-0.3, -0.25) is 19.3 Å². The number of carboxylic acids is 1. The topological polar surface area (TPSA) is 94.9 Å². The van der Waals surface area contributed by atoms with Crippen molar-refractivity contribution in [1.29, 1.82) is 0 Å². The van der Waals surface area contributed by atoms with Crippen LogP contribution in [0.4, 0.5) is 4.79 Å². The molecule has 0 aliphatic carbocycles. The third kappa shape index (κ3) is 2.94. The Hall–Kier alpha value is -2.28. The zero-order valence-electron chi connectivity index (χ0n) is 9.57. The van der Waals surface area contributed by atoms with Crippen LogP contribution in [0.2, 0.25) is 0 Å². The number of carbonyl (C=O) groups is 3. The van der Waals surface area contributed by atoms with E-state index in [9.17, 15) is 14.4 Å². The molecule has 2 N–H and O–H groups in total. The molecule has 1 heterocycles. The molecule has 0 saturated carbocycles. The first-order chi connectivity index (χ1) is 8.97. The quantitative estimate of drug-likeness (QED) is 0.814. The molecule has 0 atom stereocenters. The van der Waals surface area contributed by atoms with Gasteiger partial charge in [-0.1, -0.05) is 12.1 Å². The molecule has 2 amide bonds. The van der Waals surface area contributed by atoms with Crippen LogP contribution in [0.25, 0.3) is 6.08 Å². The van der Waals surface area contributed by atoms with E-state index in [-0.39, 0.29) is 10.7 Å². The van der Waals surface area contributed by atoms with E-state index in [4.69, 9.17) is 10.2 Å². The van der Waals surface area contributed by atoms with E-state index in [1.165, 1.54) is 18.2 Å². The molecular formula is C12H9NO5S. The first kappa shape index (κ1) is 13.2. The van der Waals surface area contributed by atoms with Crippen molar-refractivity contribution in [3.05, 3.63) is 34.7 Å². The van der Waals surface area contributed by atoms with Crippen LogP contribution in [0.3, 0.4) is 0 Å². The van der Waals surface area contributed by atoms with Gasteiger partial charge in [0.2, 0.25) is 0 Å². The van der Waals surface area contributed by atoms with E-state index in [0.717, 1.165) is 0 Å². The molecule has 7 heteroatoms. The summed E-state index contributed by atoms with van der Waals surface area (Å²) in [5.41, 5.74) is 0.638. The van der Waals surface area contributed by atoms with Gasteiger partial charge in [-0.2, -0.15) is 0 Å². The van der Waals surface area contributed by atoms with E-state index in [0.29, 0.717) is 22.2 Å². The van der Waals surface area contributed by atoms with Gasteiger partial charge in [0.1, 0.15) is 12.3 Å². The van der Waals surface area contributed by atoms with Crippen LogP contribution in [0, 0.1) is 0 Å². The molecule has 0 aromatic heterocycles. The Morgan fingerprint density at radius 2 is 1.89 bits per heavy atom. The largest absolute Gasteiger partial charge is 0.508 e. The Kier molecular flexibility index (Phi) is 3.57. The average molecular weight is 279 g/mol. The zero-order valence-corrected chi connectivity index (χ0v) is 10.4. The van der Waals surface area contributed by atoms with Crippen molar-refractivity contribution >= 4 is 35.0 Å². The molecule has 1 saturated heterocycles. The summed E-state index contributed by atoms with van der Waals surface area (Å²) in [7, 11) is 0. The van der Waals surface area contributed by atoms with Crippen molar-refractivity contribution in [2.75, 3.05) is 6.54 Å². The van der Waals surface area contributed by atoms with Crippen LogP contribution in [-0.2, 0) is 9.59 Å². The number of nitrogens with zero attached hydrogens (tertiary/aromatic N) is 1. The van der Waals surface area contributed by atoms with Crippen molar-refractivity contribution < 1.29 is 24.6 Å². The number of phenols is 1. The Morgan fingerprint density at radius 3 is 2.47 bits per heavy atom. The molecule has 2 rings (SSSR count). The number of carboxylic acid groups (broad SMARTS) is 1. The number of phenolic OH excluding ortho intramolecular Hbond substituents is 1. The summed E-state index contributed by atoms with van der Waals surface area (Å²) < 4.78 is 0. The van der Waals surface area contributed by atoms with Crippen molar-refractivity contribution in [3.8, 4) is 5.75 Å². The number of thioether (sulfide) groups is 1. The highest BCUT2D eigenvalue weighted by Crippen LogP contribution is 2.32. The molecule has 0 spiro atoms. The van der Waals surface area contributed by atoms with Gasteiger partial charge in [0, 0.05) is 0 Å². The number of hydrogen-bond acceptors (Lipinski definition) is 5. The number of amides is 2. The number of hydrogen-bond donors (Lipinski definition) is 2. The second-order valence-electron chi connectivity index (χ2n) is 3.75. The molecule has 1 fully saturated rings. The average Bonchev–Trinajstić information content (AvgIpc) is 2.60. The Bertz CT molecular complexity index is 578. The van der Waals surface area contributed by atoms with Gasteiger partial charge < -0.3 is 10.2 Å². The lowest BCUT2D eigenvalue weighted by atomic mass is 10.2. The molecule has 19 heavy (non-hydrogen) atoms. The van der Waals surface area contributed by atoms with Gasteiger partial charge in [0.05, 0.1) is 4.91 Å². The van der Waals surface area contributed by atoms with Crippen LogP contribution in [0.1, 0.15) is 5.56 Å². The van der Waals surface area contributed by atoms with Crippen LogP contribution >= 0.6 is 11.8 Å². The smallest absolute Gasteiger partial charge is 0.323 e. The molecule has 1 aliphatic rings. The first-order valence-corrected chi connectivity index (χ1v) is 6.05. The Balaban J connectivity index is 2.23. The minimum absolute atomic E-state index is 0.0936. The lowest BCUT2D eigenvalue weighted by Gasteiger charge is -2.07.